The maximum Gasteiger partial charge on any atom is 0.0543 e. The molecule has 0 unspecified atom stereocenters. The van der Waals surface area contributed by atoms with E-state index < -0.39 is 0 Å². The predicted octanol–water partition coefficient (Wildman–Crippen LogP) is 1.70. The van der Waals surface area contributed by atoms with Crippen LogP contribution in [0.2, 0.25) is 0 Å². The van der Waals surface area contributed by atoms with Crippen LogP contribution in [0.1, 0.15) is 20.8 Å². The van der Waals surface area contributed by atoms with Crippen molar-refractivity contribution in [1.82, 2.24) is 0 Å². The van der Waals surface area contributed by atoms with Crippen molar-refractivity contribution in [3.8, 4) is 0 Å². The van der Waals surface area contributed by atoms with E-state index in [1.807, 2.05) is 13.8 Å². The van der Waals surface area contributed by atoms with Crippen LogP contribution in [0.3, 0.4) is 0 Å². The number of hydrogen-bond donors (Lipinski definition) is 2. The Balaban J connectivity index is 3.84. The zero-order valence-electron chi connectivity index (χ0n) is 5.58. The van der Waals surface area contributed by atoms with E-state index in [2.05, 4.69) is 0 Å². The molecule has 0 amide bonds. The van der Waals surface area contributed by atoms with Gasteiger partial charge in [-0.05, 0) is 12.8 Å². The lowest BCUT2D eigenvalue weighted by Gasteiger charge is -2.02. The molecule has 0 atom stereocenters. The summed E-state index contributed by atoms with van der Waals surface area (Å²) >= 11 is 0. The highest BCUT2D eigenvalue weighted by molar-refractivity contribution is 6.39. The van der Waals surface area contributed by atoms with E-state index >= 15 is 0 Å². The van der Waals surface area contributed by atoms with Gasteiger partial charge in [0.05, 0.1) is 5.71 Å². The first kappa shape index (κ1) is 7.34. The Hall–Kier alpha value is -0.660. The van der Waals surface area contributed by atoms with Gasteiger partial charge in [-0.1, -0.05) is 13.8 Å². The fourth-order valence-electron chi connectivity index (χ4n) is 0.433. The monoisotopic (exact) mass is 112 g/mol. The molecule has 0 radical (unpaired) electrons. The average Bonchev–Trinajstić information content (AvgIpc) is 1.64. The minimum absolute atomic E-state index is 0.201. The molecule has 46 valence electrons. The molecule has 0 bridgehead atoms. The topological polar surface area (TPSA) is 47.7 Å². The summed E-state index contributed by atoms with van der Waals surface area (Å²) in [6.07, 6.45) is 0. The van der Waals surface area contributed by atoms with Gasteiger partial charge in [0, 0.05) is 5.71 Å². The van der Waals surface area contributed by atoms with Gasteiger partial charge in [0.15, 0.2) is 0 Å². The summed E-state index contributed by atoms with van der Waals surface area (Å²) < 4.78 is 0. The largest absolute Gasteiger partial charge is 0.304 e. The zero-order chi connectivity index (χ0) is 6.73. The summed E-state index contributed by atoms with van der Waals surface area (Å²) in [5.41, 5.74) is 0.810. The van der Waals surface area contributed by atoms with Crippen molar-refractivity contribution in [2.24, 2.45) is 5.92 Å². The van der Waals surface area contributed by atoms with E-state index in [4.69, 9.17) is 10.8 Å². The zero-order valence-corrected chi connectivity index (χ0v) is 5.58. The van der Waals surface area contributed by atoms with Crippen LogP contribution in [0.25, 0.3) is 0 Å². The van der Waals surface area contributed by atoms with Crippen LogP contribution < -0.4 is 0 Å². The molecule has 2 N–H and O–H groups in total. The molecule has 0 heterocycles. The molecule has 0 aliphatic carbocycles. The third kappa shape index (κ3) is 1.87. The molecule has 0 aliphatic rings. The summed E-state index contributed by atoms with van der Waals surface area (Å²) in [6, 6.07) is 0. The van der Waals surface area contributed by atoms with Gasteiger partial charge in [0.1, 0.15) is 0 Å². The third-order valence-electron chi connectivity index (χ3n) is 0.981. The third-order valence-corrected chi connectivity index (χ3v) is 0.981. The van der Waals surface area contributed by atoms with Crippen molar-refractivity contribution in [3.05, 3.63) is 0 Å². The summed E-state index contributed by atoms with van der Waals surface area (Å²) in [5, 5.41) is 14.2. The van der Waals surface area contributed by atoms with Crippen LogP contribution in [0.4, 0.5) is 0 Å². The standard InChI is InChI=1S/C6H12N2/c1-4(2)6(8)5(3)7/h4,7-8H,1-3H3. The molecule has 2 heteroatoms. The Labute approximate surface area is 49.9 Å². The smallest absolute Gasteiger partial charge is 0.0543 e. The second-order valence-corrected chi connectivity index (χ2v) is 2.19. The van der Waals surface area contributed by atoms with Crippen LogP contribution in [0.15, 0.2) is 0 Å². The molecule has 0 saturated carbocycles. The lowest BCUT2D eigenvalue weighted by atomic mass is 10.1. The Morgan fingerprint density at radius 3 is 1.62 bits per heavy atom. The second-order valence-electron chi connectivity index (χ2n) is 2.19. The van der Waals surface area contributed by atoms with Gasteiger partial charge in [0.2, 0.25) is 0 Å². The van der Waals surface area contributed by atoms with Gasteiger partial charge in [-0.2, -0.15) is 0 Å². The molecule has 0 saturated heterocycles. The van der Waals surface area contributed by atoms with E-state index in [-0.39, 0.29) is 5.92 Å². The van der Waals surface area contributed by atoms with Crippen molar-refractivity contribution >= 4 is 11.4 Å². The van der Waals surface area contributed by atoms with Gasteiger partial charge >= 0.3 is 0 Å². The van der Waals surface area contributed by atoms with E-state index in [1.165, 1.54) is 0 Å². The van der Waals surface area contributed by atoms with Crippen LogP contribution >= 0.6 is 0 Å². The normalized spacial score (nSPS) is 9.50. The van der Waals surface area contributed by atoms with Crippen LogP contribution in [-0.4, -0.2) is 11.4 Å². The maximum absolute atomic E-state index is 7.17. The van der Waals surface area contributed by atoms with Crippen LogP contribution in [0, 0.1) is 16.7 Å². The maximum atomic E-state index is 7.17. The minimum atomic E-state index is 0.201. The first-order valence-electron chi connectivity index (χ1n) is 2.69. The van der Waals surface area contributed by atoms with Crippen LogP contribution in [0.5, 0.6) is 0 Å². The molecule has 8 heavy (non-hydrogen) atoms. The number of rotatable bonds is 2. The summed E-state index contributed by atoms with van der Waals surface area (Å²) in [6.45, 7) is 5.48. The highest BCUT2D eigenvalue weighted by Gasteiger charge is 2.02. The molecule has 0 rings (SSSR count). The summed E-state index contributed by atoms with van der Waals surface area (Å²) in [4.78, 5) is 0. The van der Waals surface area contributed by atoms with Gasteiger partial charge in [-0.15, -0.1) is 0 Å². The Morgan fingerprint density at radius 2 is 1.62 bits per heavy atom. The van der Waals surface area contributed by atoms with Crippen molar-refractivity contribution in [2.75, 3.05) is 0 Å². The van der Waals surface area contributed by atoms with Gasteiger partial charge in [-0.25, -0.2) is 0 Å². The highest BCUT2D eigenvalue weighted by Crippen LogP contribution is 1.94. The Kier molecular flexibility index (Phi) is 2.38. The molecular formula is C6H12N2. The highest BCUT2D eigenvalue weighted by atomic mass is 14.5. The quantitative estimate of drug-likeness (QED) is 0.511. The SMILES string of the molecule is CC(=N)C(=N)C(C)C. The molecule has 0 aromatic heterocycles. The van der Waals surface area contributed by atoms with E-state index in [1.54, 1.807) is 6.92 Å². The molecule has 0 fully saturated rings. The fourth-order valence-corrected chi connectivity index (χ4v) is 0.433. The second kappa shape index (κ2) is 2.60. The van der Waals surface area contributed by atoms with E-state index in [0.29, 0.717) is 11.4 Å². The predicted molar refractivity (Wildman–Crippen MR) is 36.0 cm³/mol. The first-order chi connectivity index (χ1) is 3.55. The van der Waals surface area contributed by atoms with E-state index in [0.717, 1.165) is 0 Å². The first-order valence-corrected chi connectivity index (χ1v) is 2.69. The van der Waals surface area contributed by atoms with Crippen molar-refractivity contribution in [1.29, 1.82) is 10.8 Å². The van der Waals surface area contributed by atoms with Gasteiger partial charge in [0.25, 0.3) is 0 Å². The molecule has 0 aromatic carbocycles. The minimum Gasteiger partial charge on any atom is -0.304 e. The molecule has 2 nitrogen and oxygen atoms in total. The number of hydrogen-bond acceptors (Lipinski definition) is 2. The number of nitrogens with one attached hydrogen (secondary N) is 2. The molecule has 0 spiro atoms. The molecule has 0 aliphatic heterocycles. The van der Waals surface area contributed by atoms with Crippen molar-refractivity contribution in [2.45, 2.75) is 20.8 Å². The molecule has 0 aromatic rings. The van der Waals surface area contributed by atoms with Crippen LogP contribution in [-0.2, 0) is 0 Å². The molecular weight excluding hydrogens is 100 g/mol. The lowest BCUT2D eigenvalue weighted by molar-refractivity contribution is 0.886. The van der Waals surface area contributed by atoms with Crippen molar-refractivity contribution < 1.29 is 0 Å². The Morgan fingerprint density at radius 1 is 1.25 bits per heavy atom. The lowest BCUT2D eigenvalue weighted by Crippen LogP contribution is -2.13. The van der Waals surface area contributed by atoms with Gasteiger partial charge in [-0.3, -0.25) is 0 Å². The Bertz CT molecular complexity index is 114. The summed E-state index contributed by atoms with van der Waals surface area (Å²) in [7, 11) is 0. The van der Waals surface area contributed by atoms with Gasteiger partial charge < -0.3 is 10.8 Å². The summed E-state index contributed by atoms with van der Waals surface area (Å²) in [5.74, 6) is 0.201. The fraction of sp³-hybridized carbons (Fsp3) is 0.667. The van der Waals surface area contributed by atoms with Crippen molar-refractivity contribution in [3.63, 3.8) is 0 Å². The average molecular weight is 112 g/mol. The van der Waals surface area contributed by atoms with E-state index in [9.17, 15) is 0 Å².